The van der Waals surface area contributed by atoms with Gasteiger partial charge in [-0.1, -0.05) is 18.5 Å². The number of ether oxygens (including phenoxy) is 1. The molecule has 3 saturated heterocycles. The van der Waals surface area contributed by atoms with Gasteiger partial charge in [-0.15, -0.1) is 0 Å². The molecule has 0 spiro atoms. The van der Waals surface area contributed by atoms with Crippen LogP contribution in [0.2, 0.25) is 5.02 Å². The van der Waals surface area contributed by atoms with E-state index in [-0.39, 0.29) is 12.0 Å². The molecular formula is C24H36ClN3O2. The number of carbonyl (C=O) groups excluding carboxylic acids is 1. The predicted molar refractivity (Wildman–Crippen MR) is 122 cm³/mol. The lowest BCUT2D eigenvalue weighted by atomic mass is 9.99. The summed E-state index contributed by atoms with van der Waals surface area (Å²) in [4.78, 5) is 20.3. The third-order valence-corrected chi connectivity index (χ3v) is 7.27. The topological polar surface area (TPSA) is 36.0 Å². The van der Waals surface area contributed by atoms with Gasteiger partial charge in [0.05, 0.1) is 5.56 Å². The van der Waals surface area contributed by atoms with Gasteiger partial charge in [-0.25, -0.2) is 0 Å². The Balaban J connectivity index is 1.37. The van der Waals surface area contributed by atoms with Gasteiger partial charge in [0.1, 0.15) is 11.9 Å². The minimum absolute atomic E-state index is 0.0839. The number of amides is 1. The first-order valence-corrected chi connectivity index (χ1v) is 12.2. The minimum Gasteiger partial charge on any atom is -0.489 e. The van der Waals surface area contributed by atoms with Crippen molar-refractivity contribution in [1.29, 1.82) is 0 Å². The molecule has 3 aliphatic heterocycles. The third-order valence-electron chi connectivity index (χ3n) is 7.03. The maximum Gasteiger partial charge on any atom is 0.257 e. The van der Waals surface area contributed by atoms with E-state index in [1.54, 1.807) is 6.07 Å². The maximum atomic E-state index is 13.1. The number of piperidine rings is 3. The van der Waals surface area contributed by atoms with E-state index in [1.165, 1.54) is 32.4 Å². The lowest BCUT2D eigenvalue weighted by Crippen LogP contribution is -2.51. The lowest BCUT2D eigenvalue weighted by molar-refractivity contribution is 0.0432. The van der Waals surface area contributed by atoms with Gasteiger partial charge in [0.15, 0.2) is 0 Å². The van der Waals surface area contributed by atoms with Crippen LogP contribution in [0.4, 0.5) is 0 Å². The van der Waals surface area contributed by atoms with E-state index in [0.717, 1.165) is 58.4 Å². The third kappa shape index (κ3) is 5.30. The first-order valence-electron chi connectivity index (χ1n) is 11.9. The molecule has 6 heteroatoms. The van der Waals surface area contributed by atoms with Crippen molar-refractivity contribution >= 4 is 17.5 Å². The molecule has 0 aliphatic carbocycles. The lowest BCUT2D eigenvalue weighted by Gasteiger charge is -2.42. The molecular weight excluding hydrogens is 398 g/mol. The number of nitrogens with zero attached hydrogens (tertiary/aromatic N) is 3. The molecule has 1 unspecified atom stereocenters. The molecule has 1 amide bonds. The van der Waals surface area contributed by atoms with Gasteiger partial charge in [0.25, 0.3) is 5.91 Å². The Morgan fingerprint density at radius 1 is 1.03 bits per heavy atom. The molecule has 0 saturated carbocycles. The highest BCUT2D eigenvalue weighted by atomic mass is 35.5. The number of likely N-dealkylation sites (tertiary alicyclic amines) is 3. The van der Waals surface area contributed by atoms with Crippen molar-refractivity contribution in [2.24, 2.45) is 0 Å². The SMILES string of the molecule is CCN1CCCC(N2CCC(Oc3cc(Cl)ccc3C(=O)N3CCCCC3)CC2)C1. The Labute approximate surface area is 186 Å². The van der Waals surface area contributed by atoms with E-state index in [4.69, 9.17) is 16.3 Å². The van der Waals surface area contributed by atoms with Crippen LogP contribution in [0.25, 0.3) is 0 Å². The van der Waals surface area contributed by atoms with Crippen molar-refractivity contribution in [2.75, 3.05) is 45.8 Å². The zero-order chi connectivity index (χ0) is 20.9. The predicted octanol–water partition coefficient (Wildman–Crippen LogP) is 4.29. The summed E-state index contributed by atoms with van der Waals surface area (Å²) in [5.41, 5.74) is 0.662. The maximum absolute atomic E-state index is 13.1. The highest BCUT2D eigenvalue weighted by Crippen LogP contribution is 2.29. The van der Waals surface area contributed by atoms with Crippen molar-refractivity contribution < 1.29 is 9.53 Å². The normalized spacial score (nSPS) is 24.7. The van der Waals surface area contributed by atoms with Gasteiger partial charge in [-0.05, 0) is 76.2 Å². The second kappa shape index (κ2) is 10.3. The van der Waals surface area contributed by atoms with Crippen molar-refractivity contribution in [3.63, 3.8) is 0 Å². The van der Waals surface area contributed by atoms with Gasteiger partial charge in [0.2, 0.25) is 0 Å². The number of rotatable bonds is 5. The largest absolute Gasteiger partial charge is 0.489 e. The zero-order valence-electron chi connectivity index (χ0n) is 18.3. The number of halogens is 1. The quantitative estimate of drug-likeness (QED) is 0.693. The number of benzene rings is 1. The first-order chi connectivity index (χ1) is 14.6. The average Bonchev–Trinajstić information content (AvgIpc) is 2.80. The highest BCUT2D eigenvalue weighted by molar-refractivity contribution is 6.30. The Morgan fingerprint density at radius 3 is 2.53 bits per heavy atom. The summed E-state index contributed by atoms with van der Waals surface area (Å²) in [6, 6.07) is 6.15. The van der Waals surface area contributed by atoms with Crippen LogP contribution >= 0.6 is 11.6 Å². The molecule has 3 aliphatic rings. The molecule has 0 N–H and O–H groups in total. The summed E-state index contributed by atoms with van der Waals surface area (Å²) in [5.74, 6) is 0.743. The van der Waals surface area contributed by atoms with Crippen LogP contribution in [-0.2, 0) is 0 Å². The highest BCUT2D eigenvalue weighted by Gasteiger charge is 2.30. The van der Waals surface area contributed by atoms with E-state index >= 15 is 0 Å². The summed E-state index contributed by atoms with van der Waals surface area (Å²) < 4.78 is 6.39. The molecule has 0 bridgehead atoms. The van der Waals surface area contributed by atoms with Gasteiger partial charge < -0.3 is 14.5 Å². The van der Waals surface area contributed by atoms with Gasteiger partial charge in [-0.3, -0.25) is 9.69 Å². The Morgan fingerprint density at radius 2 is 1.80 bits per heavy atom. The van der Waals surface area contributed by atoms with Gasteiger partial charge in [0, 0.05) is 43.8 Å². The molecule has 30 heavy (non-hydrogen) atoms. The smallest absolute Gasteiger partial charge is 0.257 e. The molecule has 4 rings (SSSR count). The second-order valence-electron chi connectivity index (χ2n) is 9.04. The van der Waals surface area contributed by atoms with Crippen molar-refractivity contribution in [3.8, 4) is 5.75 Å². The molecule has 1 aromatic carbocycles. The van der Waals surface area contributed by atoms with Crippen LogP contribution in [0.3, 0.4) is 0 Å². The van der Waals surface area contributed by atoms with Crippen LogP contribution in [0.1, 0.15) is 62.2 Å². The molecule has 5 nitrogen and oxygen atoms in total. The molecule has 1 aromatic rings. The summed E-state index contributed by atoms with van der Waals surface area (Å²) in [6.07, 6.45) is 8.17. The summed E-state index contributed by atoms with van der Waals surface area (Å²) in [6.45, 7) is 9.69. The van der Waals surface area contributed by atoms with E-state index < -0.39 is 0 Å². The first kappa shape index (κ1) is 21.9. The van der Waals surface area contributed by atoms with Crippen molar-refractivity contribution in [1.82, 2.24) is 14.7 Å². The van der Waals surface area contributed by atoms with Gasteiger partial charge >= 0.3 is 0 Å². The van der Waals surface area contributed by atoms with Crippen LogP contribution in [-0.4, -0.2) is 78.6 Å². The van der Waals surface area contributed by atoms with E-state index in [0.29, 0.717) is 22.4 Å². The average molecular weight is 434 g/mol. The van der Waals surface area contributed by atoms with E-state index in [1.807, 2.05) is 17.0 Å². The van der Waals surface area contributed by atoms with Crippen molar-refractivity contribution in [2.45, 2.75) is 64.0 Å². The summed E-state index contributed by atoms with van der Waals surface area (Å²) >= 11 is 6.26. The van der Waals surface area contributed by atoms with E-state index in [9.17, 15) is 4.79 Å². The number of likely N-dealkylation sites (N-methyl/N-ethyl adjacent to an activating group) is 1. The molecule has 3 fully saturated rings. The van der Waals surface area contributed by atoms with Crippen LogP contribution in [0, 0.1) is 0 Å². The number of hydrogen-bond donors (Lipinski definition) is 0. The standard InChI is InChI=1S/C24H36ClN3O2/c1-2-26-12-6-7-20(18-26)27-15-10-21(11-16-27)30-23-17-19(25)8-9-22(23)24(29)28-13-4-3-5-14-28/h8-9,17,20-21H,2-7,10-16,18H2,1H3. The molecule has 0 radical (unpaired) electrons. The van der Waals surface area contributed by atoms with Gasteiger partial charge in [-0.2, -0.15) is 0 Å². The molecule has 166 valence electrons. The van der Waals surface area contributed by atoms with E-state index in [2.05, 4.69) is 16.7 Å². The minimum atomic E-state index is 0.0839. The molecule has 3 heterocycles. The Hall–Kier alpha value is -1.30. The number of hydrogen-bond acceptors (Lipinski definition) is 4. The fourth-order valence-corrected chi connectivity index (χ4v) is 5.35. The summed E-state index contributed by atoms with van der Waals surface area (Å²) in [5, 5.41) is 0.625. The van der Waals surface area contributed by atoms with Crippen LogP contribution in [0.5, 0.6) is 5.75 Å². The fourth-order valence-electron chi connectivity index (χ4n) is 5.19. The Bertz CT molecular complexity index is 714. The van der Waals surface area contributed by atoms with Crippen molar-refractivity contribution in [3.05, 3.63) is 28.8 Å². The molecule has 1 atom stereocenters. The monoisotopic (exact) mass is 433 g/mol. The van der Waals surface area contributed by atoms with Crippen LogP contribution in [0.15, 0.2) is 18.2 Å². The van der Waals surface area contributed by atoms with Crippen LogP contribution < -0.4 is 4.74 Å². The second-order valence-corrected chi connectivity index (χ2v) is 9.47. The fraction of sp³-hybridized carbons (Fsp3) is 0.708. The zero-order valence-corrected chi connectivity index (χ0v) is 19.1. The molecule has 0 aromatic heterocycles. The number of carbonyl (C=O) groups is 1. The Kier molecular flexibility index (Phi) is 7.55. The summed E-state index contributed by atoms with van der Waals surface area (Å²) in [7, 11) is 0.